The molecule has 0 heterocycles. The van der Waals surface area contributed by atoms with Crippen LogP contribution in [-0.2, 0) is 23.9 Å². The molecule has 0 fully saturated rings. The molecule has 7 nitrogen and oxygen atoms in total. The molecule has 0 radical (unpaired) electrons. The minimum atomic E-state index is -1.72. The minimum absolute atomic E-state index is 0.184. The number of esters is 2. The predicted molar refractivity (Wildman–Crippen MR) is 50.4 cm³/mol. The maximum atomic E-state index is 10.9. The van der Waals surface area contributed by atoms with Crippen molar-refractivity contribution in [1.82, 2.24) is 0 Å². The lowest BCUT2D eigenvalue weighted by molar-refractivity contribution is -0.160. The Morgan fingerprint density at radius 3 is 2.31 bits per heavy atom. The van der Waals surface area contributed by atoms with Crippen LogP contribution in [0.25, 0.3) is 0 Å². The van der Waals surface area contributed by atoms with E-state index in [0.29, 0.717) is 0 Å². The molecule has 0 aliphatic rings. The van der Waals surface area contributed by atoms with E-state index < -0.39 is 30.4 Å². The average Bonchev–Trinajstić information content (AvgIpc) is 2.22. The molecule has 0 rings (SSSR count). The first-order valence-electron chi connectivity index (χ1n) is 4.33. The third-order valence-corrected chi connectivity index (χ3v) is 1.38. The number of rotatable bonds is 7. The molecule has 0 spiro atoms. The summed E-state index contributed by atoms with van der Waals surface area (Å²) in [6.45, 7) is 2.71. The Hall–Kier alpha value is -1.89. The largest absolute Gasteiger partial charge is 0.481 e. The van der Waals surface area contributed by atoms with E-state index in [0.717, 1.165) is 6.08 Å². The summed E-state index contributed by atoms with van der Waals surface area (Å²) in [7, 11) is 0. The molecule has 2 N–H and O–H groups in total. The summed E-state index contributed by atoms with van der Waals surface area (Å²) in [5.41, 5.74) is 0. The van der Waals surface area contributed by atoms with Crippen LogP contribution >= 0.6 is 0 Å². The van der Waals surface area contributed by atoms with E-state index in [9.17, 15) is 14.4 Å². The summed E-state index contributed by atoms with van der Waals surface area (Å²) >= 11 is 0. The number of carboxylic acids is 1. The van der Waals surface area contributed by atoms with Gasteiger partial charge in [-0.05, 0) is 0 Å². The molecule has 0 amide bonds. The highest BCUT2D eigenvalue weighted by atomic mass is 16.6. The van der Waals surface area contributed by atoms with Crippen molar-refractivity contribution in [2.24, 2.45) is 0 Å². The molecule has 0 aliphatic heterocycles. The Morgan fingerprint density at radius 1 is 1.25 bits per heavy atom. The molecule has 0 saturated heterocycles. The number of aliphatic hydroxyl groups excluding tert-OH is 1. The molecule has 0 bridgehead atoms. The number of carboxylic acid groups (broad SMARTS) is 1. The summed E-state index contributed by atoms with van der Waals surface area (Å²) in [6.07, 6.45) is -1.50. The van der Waals surface area contributed by atoms with Gasteiger partial charge in [-0.25, -0.2) is 9.59 Å². The molecule has 0 aromatic carbocycles. The van der Waals surface area contributed by atoms with Crippen LogP contribution in [0, 0.1) is 0 Å². The highest BCUT2D eigenvalue weighted by Crippen LogP contribution is 1.95. The predicted octanol–water partition coefficient (Wildman–Crippen LogP) is -0.906. The van der Waals surface area contributed by atoms with Crippen LogP contribution in [0.2, 0.25) is 0 Å². The Labute approximate surface area is 91.3 Å². The van der Waals surface area contributed by atoms with Gasteiger partial charge >= 0.3 is 17.9 Å². The molecule has 0 aliphatic carbocycles. The smallest absolute Gasteiger partial charge is 0.335 e. The number of aliphatic carboxylic acids is 1. The lowest BCUT2D eigenvalue weighted by Gasteiger charge is -2.08. The average molecular weight is 232 g/mol. The quantitative estimate of drug-likeness (QED) is 0.332. The van der Waals surface area contributed by atoms with Gasteiger partial charge in [0.2, 0.25) is 0 Å². The normalized spacial score (nSPS) is 11.3. The topological polar surface area (TPSA) is 110 Å². The second kappa shape index (κ2) is 7.41. The molecule has 0 saturated carbocycles. The van der Waals surface area contributed by atoms with E-state index in [4.69, 9.17) is 10.2 Å². The maximum Gasteiger partial charge on any atom is 0.335 e. The zero-order valence-corrected chi connectivity index (χ0v) is 8.42. The number of carbonyl (C=O) groups excluding carboxylic acids is 2. The van der Waals surface area contributed by atoms with Gasteiger partial charge in [-0.3, -0.25) is 4.79 Å². The summed E-state index contributed by atoms with van der Waals surface area (Å²) < 4.78 is 8.91. The van der Waals surface area contributed by atoms with Crippen molar-refractivity contribution in [3.8, 4) is 0 Å². The van der Waals surface area contributed by atoms with E-state index in [1.54, 1.807) is 0 Å². The second-order valence-corrected chi connectivity index (χ2v) is 2.65. The third kappa shape index (κ3) is 6.55. The number of ether oxygens (including phenoxy) is 2. The zero-order chi connectivity index (χ0) is 12.6. The first-order chi connectivity index (χ1) is 7.47. The zero-order valence-electron chi connectivity index (χ0n) is 8.42. The number of hydrogen-bond donors (Lipinski definition) is 2. The minimum Gasteiger partial charge on any atom is -0.481 e. The van der Waals surface area contributed by atoms with E-state index in [1.165, 1.54) is 0 Å². The lowest BCUT2D eigenvalue weighted by Crippen LogP contribution is -2.27. The molecule has 0 aromatic rings. The van der Waals surface area contributed by atoms with Gasteiger partial charge in [0.15, 0.2) is 6.10 Å². The molecular formula is C9H12O7. The van der Waals surface area contributed by atoms with Gasteiger partial charge in [-0.1, -0.05) is 6.58 Å². The van der Waals surface area contributed by atoms with Crippen molar-refractivity contribution >= 4 is 17.9 Å². The van der Waals surface area contributed by atoms with Gasteiger partial charge in [0.1, 0.15) is 13.2 Å². The Morgan fingerprint density at radius 2 is 1.81 bits per heavy atom. The van der Waals surface area contributed by atoms with Gasteiger partial charge in [0.25, 0.3) is 0 Å². The van der Waals surface area contributed by atoms with Crippen molar-refractivity contribution in [3.63, 3.8) is 0 Å². The van der Waals surface area contributed by atoms with Gasteiger partial charge < -0.3 is 19.7 Å². The first-order valence-corrected chi connectivity index (χ1v) is 4.33. The van der Waals surface area contributed by atoms with Crippen LogP contribution < -0.4 is 0 Å². The van der Waals surface area contributed by atoms with Crippen LogP contribution in [0.3, 0.4) is 0 Å². The fourth-order valence-corrected chi connectivity index (χ4v) is 0.688. The van der Waals surface area contributed by atoms with Crippen molar-refractivity contribution in [2.45, 2.75) is 12.5 Å². The van der Waals surface area contributed by atoms with Crippen molar-refractivity contribution < 1.29 is 34.1 Å². The molecule has 16 heavy (non-hydrogen) atoms. The SMILES string of the molecule is C=CC(=O)OCCOC(=O)C(O)CC(=O)O. The van der Waals surface area contributed by atoms with Gasteiger partial charge in [0, 0.05) is 6.08 Å². The first kappa shape index (κ1) is 14.1. The highest BCUT2D eigenvalue weighted by Gasteiger charge is 2.19. The number of aliphatic hydroxyl groups is 1. The van der Waals surface area contributed by atoms with Crippen LogP contribution in [0.5, 0.6) is 0 Å². The summed E-state index contributed by atoms with van der Waals surface area (Å²) in [4.78, 5) is 31.5. The third-order valence-electron chi connectivity index (χ3n) is 1.38. The summed E-state index contributed by atoms with van der Waals surface area (Å²) in [5, 5.41) is 17.2. The molecule has 1 atom stereocenters. The van der Waals surface area contributed by atoms with Crippen LogP contribution in [-0.4, -0.2) is 47.4 Å². The van der Waals surface area contributed by atoms with Crippen molar-refractivity contribution in [3.05, 3.63) is 12.7 Å². The Bertz CT molecular complexity index is 284. The van der Waals surface area contributed by atoms with E-state index in [2.05, 4.69) is 16.1 Å². The van der Waals surface area contributed by atoms with Gasteiger partial charge in [-0.2, -0.15) is 0 Å². The van der Waals surface area contributed by atoms with Crippen LogP contribution in [0.4, 0.5) is 0 Å². The van der Waals surface area contributed by atoms with E-state index >= 15 is 0 Å². The monoisotopic (exact) mass is 232 g/mol. The van der Waals surface area contributed by atoms with Crippen molar-refractivity contribution in [2.75, 3.05) is 13.2 Å². The van der Waals surface area contributed by atoms with E-state index in [-0.39, 0.29) is 13.2 Å². The molecule has 7 heteroatoms. The fraction of sp³-hybridized carbons (Fsp3) is 0.444. The van der Waals surface area contributed by atoms with Crippen LogP contribution in [0.1, 0.15) is 6.42 Å². The Balaban J connectivity index is 3.68. The molecule has 90 valence electrons. The van der Waals surface area contributed by atoms with Crippen molar-refractivity contribution in [1.29, 1.82) is 0 Å². The molecule has 0 aromatic heterocycles. The van der Waals surface area contributed by atoms with Gasteiger partial charge in [0.05, 0.1) is 6.42 Å². The molecular weight excluding hydrogens is 220 g/mol. The molecule has 1 unspecified atom stereocenters. The standard InChI is InChI=1S/C9H12O7/c1-2-8(13)15-3-4-16-9(14)6(10)5-7(11)12/h2,6,10H,1,3-5H2,(H,11,12). The summed E-state index contributed by atoms with van der Waals surface area (Å²) in [5.74, 6) is -3.05. The van der Waals surface area contributed by atoms with Gasteiger partial charge in [-0.15, -0.1) is 0 Å². The number of hydrogen-bond acceptors (Lipinski definition) is 6. The highest BCUT2D eigenvalue weighted by molar-refractivity contribution is 5.81. The van der Waals surface area contributed by atoms with E-state index in [1.807, 2.05) is 0 Å². The fourth-order valence-electron chi connectivity index (χ4n) is 0.688. The Kier molecular flexibility index (Phi) is 6.53. The summed E-state index contributed by atoms with van der Waals surface area (Å²) in [6, 6.07) is 0. The maximum absolute atomic E-state index is 10.9. The lowest BCUT2D eigenvalue weighted by atomic mass is 10.2. The second-order valence-electron chi connectivity index (χ2n) is 2.65. The number of carbonyl (C=O) groups is 3. The van der Waals surface area contributed by atoms with Crippen LogP contribution in [0.15, 0.2) is 12.7 Å².